The topological polar surface area (TPSA) is 82.2 Å². The Kier molecular flexibility index (Phi) is 5.93. The van der Waals surface area contributed by atoms with E-state index in [1.165, 1.54) is 0 Å². The molecule has 1 amide bonds. The van der Waals surface area contributed by atoms with Gasteiger partial charge < -0.3 is 15.4 Å². The predicted octanol–water partition coefficient (Wildman–Crippen LogP) is 2.49. The van der Waals surface area contributed by atoms with E-state index in [1.807, 2.05) is 44.2 Å². The number of nitrogens with one attached hydrogen (secondary N) is 2. The Morgan fingerprint density at radius 2 is 1.92 bits per heavy atom. The molecule has 1 atom stereocenters. The van der Waals surface area contributed by atoms with Crippen LogP contribution >= 0.6 is 0 Å². The van der Waals surface area contributed by atoms with Crippen LogP contribution in [0.2, 0.25) is 0 Å². The molecule has 5 nitrogen and oxygen atoms in total. The zero-order chi connectivity index (χ0) is 17.7. The van der Waals surface area contributed by atoms with E-state index in [0.29, 0.717) is 18.0 Å². The molecule has 0 aliphatic rings. The molecular formula is C19H24N2O3. The number of carbonyl (C=O) groups excluding carboxylic acids is 1. The molecule has 1 aromatic carbocycles. The number of rotatable bonds is 6. The van der Waals surface area contributed by atoms with Crippen LogP contribution in [0.1, 0.15) is 36.3 Å². The Balaban J connectivity index is 2.21. The van der Waals surface area contributed by atoms with Gasteiger partial charge in [0.05, 0.1) is 6.10 Å². The summed E-state index contributed by atoms with van der Waals surface area (Å²) in [5.74, 6) is -0.138. The summed E-state index contributed by atoms with van der Waals surface area (Å²) >= 11 is 0. The Morgan fingerprint density at radius 1 is 1.25 bits per heavy atom. The molecule has 5 heteroatoms. The number of benzene rings is 1. The van der Waals surface area contributed by atoms with Crippen LogP contribution in [0.3, 0.4) is 0 Å². The van der Waals surface area contributed by atoms with Gasteiger partial charge >= 0.3 is 0 Å². The fourth-order valence-corrected chi connectivity index (χ4v) is 2.64. The van der Waals surface area contributed by atoms with Crippen molar-refractivity contribution in [1.82, 2.24) is 10.3 Å². The first kappa shape index (κ1) is 17.9. The highest BCUT2D eigenvalue weighted by molar-refractivity contribution is 5.95. The van der Waals surface area contributed by atoms with E-state index in [1.54, 1.807) is 13.0 Å². The lowest BCUT2D eigenvalue weighted by atomic mass is 10.0. The van der Waals surface area contributed by atoms with Crippen LogP contribution < -0.4 is 10.9 Å². The van der Waals surface area contributed by atoms with E-state index in [2.05, 4.69) is 10.3 Å². The smallest absolute Gasteiger partial charge is 0.261 e. The van der Waals surface area contributed by atoms with Gasteiger partial charge in [0.2, 0.25) is 0 Å². The number of hydrogen-bond acceptors (Lipinski definition) is 3. The molecule has 0 bridgehead atoms. The molecule has 0 radical (unpaired) electrons. The van der Waals surface area contributed by atoms with Crippen LogP contribution in [0.5, 0.6) is 0 Å². The highest BCUT2D eigenvalue weighted by atomic mass is 16.3. The van der Waals surface area contributed by atoms with Crippen molar-refractivity contribution < 1.29 is 9.90 Å². The average Bonchev–Trinajstić information content (AvgIpc) is 2.53. The van der Waals surface area contributed by atoms with Crippen molar-refractivity contribution in [3.63, 3.8) is 0 Å². The van der Waals surface area contributed by atoms with Crippen LogP contribution in [0.15, 0.2) is 41.2 Å². The highest BCUT2D eigenvalue weighted by Crippen LogP contribution is 2.21. The maximum absolute atomic E-state index is 12.3. The summed E-state index contributed by atoms with van der Waals surface area (Å²) in [6.45, 7) is 5.94. The van der Waals surface area contributed by atoms with Gasteiger partial charge in [0.25, 0.3) is 11.5 Å². The van der Waals surface area contributed by atoms with Gasteiger partial charge in [-0.25, -0.2) is 0 Å². The lowest BCUT2D eigenvalue weighted by molar-refractivity contribution is 0.0899. The van der Waals surface area contributed by atoms with Crippen LogP contribution in [0.4, 0.5) is 0 Å². The van der Waals surface area contributed by atoms with E-state index in [9.17, 15) is 14.7 Å². The van der Waals surface area contributed by atoms with Gasteiger partial charge in [-0.2, -0.15) is 0 Å². The molecule has 0 saturated heterocycles. The zero-order valence-electron chi connectivity index (χ0n) is 14.3. The van der Waals surface area contributed by atoms with E-state index in [-0.39, 0.29) is 12.1 Å². The molecule has 1 heterocycles. The second-order valence-electron chi connectivity index (χ2n) is 6.41. The van der Waals surface area contributed by atoms with E-state index in [0.717, 1.165) is 11.1 Å². The summed E-state index contributed by atoms with van der Waals surface area (Å²) in [4.78, 5) is 27.1. The molecular weight excluding hydrogens is 304 g/mol. The van der Waals surface area contributed by atoms with E-state index in [4.69, 9.17) is 0 Å². The first-order chi connectivity index (χ1) is 11.4. The van der Waals surface area contributed by atoms with Crippen LogP contribution in [0, 0.1) is 12.8 Å². The maximum Gasteiger partial charge on any atom is 0.261 e. The third-order valence-corrected chi connectivity index (χ3v) is 3.81. The number of pyridine rings is 1. The van der Waals surface area contributed by atoms with Crippen molar-refractivity contribution >= 4 is 5.91 Å². The van der Waals surface area contributed by atoms with Crippen molar-refractivity contribution in [2.24, 2.45) is 5.92 Å². The Morgan fingerprint density at radius 3 is 2.54 bits per heavy atom. The minimum absolute atomic E-state index is 0.0520. The largest absolute Gasteiger partial charge is 0.391 e. The quantitative estimate of drug-likeness (QED) is 0.762. The zero-order valence-corrected chi connectivity index (χ0v) is 14.3. The summed E-state index contributed by atoms with van der Waals surface area (Å²) in [6.07, 6.45) is -0.0214. The first-order valence-corrected chi connectivity index (χ1v) is 8.14. The molecule has 0 saturated carbocycles. The standard InChI is InChI=1S/C19H24N2O3/c1-12(2)9-15(22)11-20-18(23)17-10-16(13(3)21-19(17)24)14-7-5-4-6-8-14/h4-8,10,12,15,22H,9,11H2,1-3H3,(H,20,23)(H,21,24). The van der Waals surface area contributed by atoms with Gasteiger partial charge in [0, 0.05) is 17.8 Å². The van der Waals surface area contributed by atoms with Crippen molar-refractivity contribution in [1.29, 1.82) is 0 Å². The first-order valence-electron chi connectivity index (χ1n) is 8.14. The summed E-state index contributed by atoms with van der Waals surface area (Å²) in [5, 5.41) is 12.5. The van der Waals surface area contributed by atoms with Crippen molar-refractivity contribution in [2.75, 3.05) is 6.54 Å². The molecule has 128 valence electrons. The Labute approximate surface area is 141 Å². The third-order valence-electron chi connectivity index (χ3n) is 3.81. The normalized spacial score (nSPS) is 12.2. The van der Waals surface area contributed by atoms with Gasteiger partial charge in [-0.05, 0) is 30.9 Å². The number of aromatic amines is 1. The molecule has 0 aliphatic carbocycles. The third kappa shape index (κ3) is 4.55. The van der Waals surface area contributed by atoms with Gasteiger partial charge in [0.15, 0.2) is 0 Å². The molecule has 0 aliphatic heterocycles. The number of aliphatic hydroxyl groups is 1. The number of aryl methyl sites for hydroxylation is 1. The summed E-state index contributed by atoms with van der Waals surface area (Å²) in [7, 11) is 0. The monoisotopic (exact) mass is 328 g/mol. The molecule has 3 N–H and O–H groups in total. The number of hydrogen-bond donors (Lipinski definition) is 3. The number of amides is 1. The summed E-state index contributed by atoms with van der Waals surface area (Å²) in [6, 6.07) is 11.2. The lowest BCUT2D eigenvalue weighted by Crippen LogP contribution is -2.35. The number of aliphatic hydroxyl groups excluding tert-OH is 1. The SMILES string of the molecule is Cc1[nH]c(=O)c(C(=O)NCC(O)CC(C)C)cc1-c1ccccc1. The number of carbonyl (C=O) groups is 1. The van der Waals surface area contributed by atoms with Gasteiger partial charge in [-0.3, -0.25) is 9.59 Å². The molecule has 1 unspecified atom stereocenters. The second kappa shape index (κ2) is 7.93. The molecule has 2 rings (SSSR count). The fraction of sp³-hybridized carbons (Fsp3) is 0.368. The van der Waals surface area contributed by atoms with Gasteiger partial charge in [-0.15, -0.1) is 0 Å². The molecule has 1 aromatic heterocycles. The molecule has 0 spiro atoms. The maximum atomic E-state index is 12.3. The van der Waals surface area contributed by atoms with Crippen molar-refractivity contribution in [3.05, 3.63) is 58.0 Å². The van der Waals surface area contributed by atoms with E-state index < -0.39 is 17.6 Å². The summed E-state index contributed by atoms with van der Waals surface area (Å²) in [5.41, 5.74) is 2.07. The van der Waals surface area contributed by atoms with Crippen LogP contribution in [0.25, 0.3) is 11.1 Å². The molecule has 0 fully saturated rings. The van der Waals surface area contributed by atoms with Crippen LogP contribution in [-0.2, 0) is 0 Å². The number of aromatic nitrogens is 1. The van der Waals surface area contributed by atoms with Gasteiger partial charge in [0.1, 0.15) is 5.56 Å². The fourth-order valence-electron chi connectivity index (χ4n) is 2.64. The van der Waals surface area contributed by atoms with Crippen molar-refractivity contribution in [2.45, 2.75) is 33.3 Å². The van der Waals surface area contributed by atoms with Crippen molar-refractivity contribution in [3.8, 4) is 11.1 Å². The minimum atomic E-state index is -0.618. The predicted molar refractivity (Wildman–Crippen MR) is 95.0 cm³/mol. The summed E-state index contributed by atoms with van der Waals surface area (Å²) < 4.78 is 0. The van der Waals surface area contributed by atoms with E-state index >= 15 is 0 Å². The second-order valence-corrected chi connectivity index (χ2v) is 6.41. The number of H-pyrrole nitrogens is 1. The Bertz CT molecular complexity index is 751. The Hall–Kier alpha value is -2.40. The minimum Gasteiger partial charge on any atom is -0.391 e. The highest BCUT2D eigenvalue weighted by Gasteiger charge is 2.16. The molecule has 2 aromatic rings. The molecule has 24 heavy (non-hydrogen) atoms. The average molecular weight is 328 g/mol. The van der Waals surface area contributed by atoms with Gasteiger partial charge in [-0.1, -0.05) is 44.2 Å². The lowest BCUT2D eigenvalue weighted by Gasteiger charge is -2.14. The van der Waals surface area contributed by atoms with Crippen LogP contribution in [-0.4, -0.2) is 28.6 Å².